The van der Waals surface area contributed by atoms with Gasteiger partial charge in [0.05, 0.1) is 20.8 Å². The summed E-state index contributed by atoms with van der Waals surface area (Å²) < 4.78 is 15.5. The molecule has 0 aromatic heterocycles. The van der Waals surface area contributed by atoms with Gasteiger partial charge in [0, 0.05) is 18.1 Å². The first-order valence-electron chi connectivity index (χ1n) is 7.81. The van der Waals surface area contributed by atoms with E-state index in [1.165, 1.54) is 6.08 Å². The van der Waals surface area contributed by atoms with Gasteiger partial charge in [0.1, 0.15) is 11.5 Å². The lowest BCUT2D eigenvalue weighted by Gasteiger charge is -2.10. The maximum Gasteiger partial charge on any atom is 0.330 e. The molecule has 0 unspecified atom stereocenters. The Labute approximate surface area is 142 Å². The van der Waals surface area contributed by atoms with Gasteiger partial charge in [-0.25, -0.2) is 4.79 Å². The summed E-state index contributed by atoms with van der Waals surface area (Å²) in [6, 6.07) is 13.8. The molecule has 4 nitrogen and oxygen atoms in total. The number of hydrogen-bond donors (Lipinski definition) is 0. The highest BCUT2D eigenvalue weighted by Crippen LogP contribution is 2.26. The third kappa shape index (κ3) is 4.88. The molecule has 0 spiro atoms. The van der Waals surface area contributed by atoms with Crippen LogP contribution in [0.1, 0.15) is 23.6 Å². The van der Waals surface area contributed by atoms with Crippen LogP contribution in [0.3, 0.4) is 0 Å². The van der Waals surface area contributed by atoms with Gasteiger partial charge in [-0.15, -0.1) is 0 Å². The van der Waals surface area contributed by atoms with Crippen molar-refractivity contribution in [3.05, 3.63) is 65.2 Å². The van der Waals surface area contributed by atoms with Crippen LogP contribution in [0.4, 0.5) is 0 Å². The lowest BCUT2D eigenvalue weighted by Crippen LogP contribution is -1.98. The Balaban J connectivity index is 2.10. The second kappa shape index (κ2) is 8.77. The lowest BCUT2D eigenvalue weighted by molar-refractivity contribution is -0.137. The van der Waals surface area contributed by atoms with E-state index in [0.717, 1.165) is 34.6 Å². The topological polar surface area (TPSA) is 44.8 Å². The number of ether oxygens (including phenoxy) is 3. The Bertz CT molecular complexity index is 702. The molecule has 0 fully saturated rings. The lowest BCUT2D eigenvalue weighted by atomic mass is 10.0. The first-order chi connectivity index (χ1) is 11.7. The SMILES string of the molecule is CCOC(=O)/C=C/c1ccc(Cc2cc(OC)ccc2OC)cc1. The molecule has 0 N–H and O–H groups in total. The molecule has 0 bridgehead atoms. The van der Waals surface area contributed by atoms with Crippen molar-refractivity contribution in [1.29, 1.82) is 0 Å². The smallest absolute Gasteiger partial charge is 0.330 e. The number of carbonyl (C=O) groups excluding carboxylic acids is 1. The summed E-state index contributed by atoms with van der Waals surface area (Å²) in [7, 11) is 3.31. The zero-order chi connectivity index (χ0) is 17.4. The third-order valence-electron chi connectivity index (χ3n) is 3.56. The second-order valence-corrected chi connectivity index (χ2v) is 5.18. The fourth-order valence-electron chi connectivity index (χ4n) is 2.34. The summed E-state index contributed by atoms with van der Waals surface area (Å²) in [4.78, 5) is 11.3. The van der Waals surface area contributed by atoms with E-state index in [4.69, 9.17) is 14.2 Å². The summed E-state index contributed by atoms with van der Waals surface area (Å²) in [5, 5.41) is 0. The summed E-state index contributed by atoms with van der Waals surface area (Å²) in [6.45, 7) is 2.16. The quantitative estimate of drug-likeness (QED) is 0.572. The number of carbonyl (C=O) groups is 1. The van der Waals surface area contributed by atoms with Crippen LogP contribution in [-0.4, -0.2) is 26.8 Å². The minimum atomic E-state index is -0.331. The van der Waals surface area contributed by atoms with E-state index in [1.54, 1.807) is 27.2 Å². The summed E-state index contributed by atoms with van der Waals surface area (Å²) in [5.41, 5.74) is 3.16. The van der Waals surface area contributed by atoms with Gasteiger partial charge in [-0.3, -0.25) is 0 Å². The summed E-state index contributed by atoms with van der Waals surface area (Å²) >= 11 is 0. The van der Waals surface area contributed by atoms with Crippen molar-refractivity contribution in [2.24, 2.45) is 0 Å². The molecule has 0 aliphatic carbocycles. The largest absolute Gasteiger partial charge is 0.497 e. The molecule has 4 heteroatoms. The van der Waals surface area contributed by atoms with Crippen LogP contribution in [-0.2, 0) is 16.0 Å². The van der Waals surface area contributed by atoms with Crippen molar-refractivity contribution in [1.82, 2.24) is 0 Å². The molecule has 0 amide bonds. The highest BCUT2D eigenvalue weighted by molar-refractivity contribution is 5.87. The van der Waals surface area contributed by atoms with E-state index < -0.39 is 0 Å². The third-order valence-corrected chi connectivity index (χ3v) is 3.56. The molecular weight excluding hydrogens is 304 g/mol. The van der Waals surface area contributed by atoms with Crippen molar-refractivity contribution in [3.63, 3.8) is 0 Å². The first-order valence-corrected chi connectivity index (χ1v) is 7.81. The molecule has 0 heterocycles. The molecule has 2 aromatic rings. The molecule has 2 rings (SSSR count). The van der Waals surface area contributed by atoms with E-state index in [9.17, 15) is 4.79 Å². The van der Waals surface area contributed by atoms with Crippen LogP contribution in [0.2, 0.25) is 0 Å². The number of methoxy groups -OCH3 is 2. The number of esters is 1. The van der Waals surface area contributed by atoms with Crippen LogP contribution in [0.5, 0.6) is 11.5 Å². The maximum atomic E-state index is 11.3. The normalized spacial score (nSPS) is 10.6. The van der Waals surface area contributed by atoms with Crippen LogP contribution in [0.15, 0.2) is 48.5 Å². The van der Waals surface area contributed by atoms with Gasteiger partial charge in [0.15, 0.2) is 0 Å². The molecule has 2 aromatic carbocycles. The minimum Gasteiger partial charge on any atom is -0.497 e. The molecule has 0 aliphatic heterocycles. The van der Waals surface area contributed by atoms with Crippen LogP contribution >= 0.6 is 0 Å². The Morgan fingerprint density at radius 3 is 2.42 bits per heavy atom. The zero-order valence-electron chi connectivity index (χ0n) is 14.2. The number of hydrogen-bond acceptors (Lipinski definition) is 4. The van der Waals surface area contributed by atoms with E-state index in [2.05, 4.69) is 0 Å². The minimum absolute atomic E-state index is 0.331. The van der Waals surface area contributed by atoms with Crippen LogP contribution in [0.25, 0.3) is 6.08 Å². The van der Waals surface area contributed by atoms with E-state index in [0.29, 0.717) is 6.61 Å². The number of rotatable bonds is 7. The summed E-state index contributed by atoms with van der Waals surface area (Å²) in [5.74, 6) is 1.31. The zero-order valence-corrected chi connectivity index (χ0v) is 14.2. The van der Waals surface area contributed by atoms with Crippen molar-refractivity contribution < 1.29 is 19.0 Å². The summed E-state index contributed by atoms with van der Waals surface area (Å²) in [6.07, 6.45) is 3.92. The average Bonchev–Trinajstić information content (AvgIpc) is 2.61. The van der Waals surface area contributed by atoms with Crippen molar-refractivity contribution in [2.75, 3.05) is 20.8 Å². The van der Waals surface area contributed by atoms with Gasteiger partial charge >= 0.3 is 5.97 Å². The predicted octanol–water partition coefficient (Wildman–Crippen LogP) is 3.87. The van der Waals surface area contributed by atoms with Crippen molar-refractivity contribution in [2.45, 2.75) is 13.3 Å². The molecule has 0 atom stereocenters. The second-order valence-electron chi connectivity index (χ2n) is 5.18. The van der Waals surface area contributed by atoms with Gasteiger partial charge < -0.3 is 14.2 Å². The molecule has 0 saturated heterocycles. The fraction of sp³-hybridized carbons (Fsp3) is 0.250. The molecule has 0 saturated carbocycles. The fourth-order valence-corrected chi connectivity index (χ4v) is 2.34. The highest BCUT2D eigenvalue weighted by atomic mass is 16.5. The van der Waals surface area contributed by atoms with Gasteiger partial charge in [-0.1, -0.05) is 24.3 Å². The van der Waals surface area contributed by atoms with E-state index in [1.807, 2.05) is 42.5 Å². The Hall–Kier alpha value is -2.75. The van der Waals surface area contributed by atoms with Crippen LogP contribution in [0, 0.1) is 0 Å². The van der Waals surface area contributed by atoms with Crippen LogP contribution < -0.4 is 9.47 Å². The average molecular weight is 326 g/mol. The van der Waals surface area contributed by atoms with Gasteiger partial charge in [0.2, 0.25) is 0 Å². The highest BCUT2D eigenvalue weighted by Gasteiger charge is 2.06. The van der Waals surface area contributed by atoms with Crippen molar-refractivity contribution in [3.8, 4) is 11.5 Å². The van der Waals surface area contributed by atoms with Gasteiger partial charge in [0.25, 0.3) is 0 Å². The first kappa shape index (κ1) is 17.6. The monoisotopic (exact) mass is 326 g/mol. The van der Waals surface area contributed by atoms with E-state index in [-0.39, 0.29) is 5.97 Å². The van der Waals surface area contributed by atoms with Gasteiger partial charge in [-0.2, -0.15) is 0 Å². The molecular formula is C20H22O4. The maximum absolute atomic E-state index is 11.3. The molecule has 0 aliphatic rings. The van der Waals surface area contributed by atoms with Gasteiger partial charge in [-0.05, 0) is 42.3 Å². The Kier molecular flexibility index (Phi) is 6.43. The van der Waals surface area contributed by atoms with Crippen molar-refractivity contribution >= 4 is 12.0 Å². The predicted molar refractivity (Wildman–Crippen MR) is 94.5 cm³/mol. The number of benzene rings is 2. The molecule has 126 valence electrons. The molecule has 24 heavy (non-hydrogen) atoms. The van der Waals surface area contributed by atoms with E-state index >= 15 is 0 Å². The Morgan fingerprint density at radius 1 is 1.04 bits per heavy atom. The molecule has 0 radical (unpaired) electrons. The Morgan fingerprint density at radius 2 is 1.79 bits per heavy atom. The standard InChI is InChI=1S/C20H22O4/c1-4-24-20(21)12-9-15-5-7-16(8-6-15)13-17-14-18(22-2)10-11-19(17)23-3/h5-12,14H,4,13H2,1-3H3/b12-9+.